The van der Waals surface area contributed by atoms with Gasteiger partial charge in [-0.3, -0.25) is 4.79 Å². The van der Waals surface area contributed by atoms with Crippen LogP contribution in [0.2, 0.25) is 0 Å². The number of rotatable bonds is 3. The molecular formula is C25H24N2O7. The molecule has 0 radical (unpaired) electrons. The van der Waals surface area contributed by atoms with Crippen LogP contribution in [-0.2, 0) is 35.0 Å². The van der Waals surface area contributed by atoms with Crippen molar-refractivity contribution in [3.63, 3.8) is 0 Å². The van der Waals surface area contributed by atoms with Crippen molar-refractivity contribution in [1.82, 2.24) is 9.55 Å². The second-order valence-electron chi connectivity index (χ2n) is 8.54. The van der Waals surface area contributed by atoms with Crippen LogP contribution in [-0.4, -0.2) is 48.0 Å². The maximum Gasteiger partial charge on any atom is 0.356 e. The van der Waals surface area contributed by atoms with Crippen molar-refractivity contribution in [3.8, 4) is 0 Å². The lowest BCUT2D eigenvalue weighted by Crippen LogP contribution is -2.43. The molecule has 0 saturated carbocycles. The van der Waals surface area contributed by atoms with Crippen LogP contribution in [0.4, 0.5) is 0 Å². The van der Waals surface area contributed by atoms with Gasteiger partial charge in [-0.05, 0) is 25.5 Å². The molecule has 1 aromatic carbocycles. The van der Waals surface area contributed by atoms with Crippen molar-refractivity contribution in [1.29, 1.82) is 0 Å². The van der Waals surface area contributed by atoms with Crippen molar-refractivity contribution in [3.05, 3.63) is 53.6 Å². The fraction of sp³-hybridized carbons (Fsp3) is 0.360. The summed E-state index contributed by atoms with van der Waals surface area (Å²) in [6.45, 7) is 3.33. The lowest BCUT2D eigenvalue weighted by molar-refractivity contribution is -0.188. The van der Waals surface area contributed by atoms with Crippen LogP contribution in [0.1, 0.15) is 36.1 Å². The number of pyridine rings is 1. The number of fused-ring (bicyclic) bond motifs is 4. The van der Waals surface area contributed by atoms with Gasteiger partial charge in [0, 0.05) is 35.2 Å². The summed E-state index contributed by atoms with van der Waals surface area (Å²) in [6, 6.07) is 9.35. The van der Waals surface area contributed by atoms with E-state index in [1.165, 1.54) is 27.4 Å². The van der Waals surface area contributed by atoms with Crippen molar-refractivity contribution < 1.29 is 33.3 Å². The largest absolute Gasteiger partial charge is 0.466 e. The zero-order valence-electron chi connectivity index (χ0n) is 19.2. The van der Waals surface area contributed by atoms with Gasteiger partial charge in [0.25, 0.3) is 0 Å². The number of esters is 3. The first-order valence-electron chi connectivity index (χ1n) is 11.0. The van der Waals surface area contributed by atoms with E-state index >= 15 is 0 Å². The minimum atomic E-state index is -0.906. The van der Waals surface area contributed by atoms with Crippen LogP contribution < -0.4 is 0 Å². The quantitative estimate of drug-likeness (QED) is 0.429. The number of ether oxygens (including phenoxy) is 4. The molecule has 2 aliphatic rings. The summed E-state index contributed by atoms with van der Waals surface area (Å²) in [5, 5.41) is 1.82. The zero-order valence-corrected chi connectivity index (χ0v) is 19.2. The molecule has 9 nitrogen and oxygen atoms in total. The Labute approximate surface area is 195 Å². The minimum Gasteiger partial charge on any atom is -0.466 e. The Morgan fingerprint density at radius 3 is 2.53 bits per heavy atom. The Morgan fingerprint density at radius 1 is 1.09 bits per heavy atom. The fourth-order valence-electron chi connectivity index (χ4n) is 5.36. The minimum absolute atomic E-state index is 0.186. The molecule has 2 aliphatic heterocycles. The van der Waals surface area contributed by atoms with Gasteiger partial charge in [-0.15, -0.1) is 0 Å². The predicted octanol–water partition coefficient (Wildman–Crippen LogP) is 3.30. The van der Waals surface area contributed by atoms with Gasteiger partial charge in [0.2, 0.25) is 6.29 Å². The van der Waals surface area contributed by atoms with Crippen LogP contribution >= 0.6 is 0 Å². The van der Waals surface area contributed by atoms with Gasteiger partial charge in [-0.1, -0.05) is 18.2 Å². The highest BCUT2D eigenvalue weighted by Crippen LogP contribution is 2.47. The molecule has 0 bridgehead atoms. The van der Waals surface area contributed by atoms with Crippen LogP contribution in [0, 0.1) is 11.8 Å². The SMILES string of the molecule is COC(=O)C1=CO[C@H](OC(C)=O)C2C1Cc1nc(C(=O)OC)cc3c4ccccc4n(c13)[C@@H]2C. The molecular weight excluding hydrogens is 440 g/mol. The average molecular weight is 464 g/mol. The maximum absolute atomic E-state index is 12.7. The Bertz CT molecular complexity index is 1370. The molecule has 2 aromatic heterocycles. The number of nitrogens with zero attached hydrogens (tertiary/aromatic N) is 2. The standard InChI is InChI=1S/C25H24N2O7/c1-12-21-15(17(23(29)31-3)11-33-25(21)34-13(2)28)9-18-22-16(10-19(26-18)24(30)32-4)14-7-5-6-8-20(14)27(12)22/h5-8,10-12,15,21,25H,9H2,1-4H3/t12-,15?,21?,25-/m1/s1. The summed E-state index contributed by atoms with van der Waals surface area (Å²) in [5.41, 5.74) is 2.96. The molecule has 4 heterocycles. The smallest absolute Gasteiger partial charge is 0.356 e. The third kappa shape index (κ3) is 3.22. The van der Waals surface area contributed by atoms with E-state index in [4.69, 9.17) is 18.9 Å². The van der Waals surface area contributed by atoms with Crippen molar-refractivity contribution >= 4 is 39.7 Å². The van der Waals surface area contributed by atoms with E-state index in [9.17, 15) is 14.4 Å². The number of aromatic nitrogens is 2. The highest BCUT2D eigenvalue weighted by atomic mass is 16.7. The molecule has 3 aromatic rings. The number of para-hydroxylation sites is 1. The average Bonchev–Trinajstić information content (AvgIpc) is 3.10. The van der Waals surface area contributed by atoms with Crippen LogP contribution in [0.25, 0.3) is 21.8 Å². The summed E-state index contributed by atoms with van der Waals surface area (Å²) in [5.74, 6) is -2.40. The molecule has 4 atom stereocenters. The Balaban J connectivity index is 1.81. The molecule has 5 rings (SSSR count). The number of carbonyl (C=O) groups is 3. The molecule has 2 unspecified atom stereocenters. The highest BCUT2D eigenvalue weighted by molar-refractivity contribution is 6.10. The van der Waals surface area contributed by atoms with Gasteiger partial charge in [0.1, 0.15) is 5.69 Å². The zero-order chi connectivity index (χ0) is 24.1. The van der Waals surface area contributed by atoms with Crippen LogP contribution in [0.5, 0.6) is 0 Å². The molecule has 0 amide bonds. The Morgan fingerprint density at radius 2 is 1.82 bits per heavy atom. The topological polar surface area (TPSA) is 106 Å². The van der Waals surface area contributed by atoms with Crippen molar-refractivity contribution in [2.24, 2.45) is 11.8 Å². The molecule has 0 N–H and O–H groups in total. The van der Waals surface area contributed by atoms with E-state index < -0.39 is 36.0 Å². The van der Waals surface area contributed by atoms with E-state index in [0.29, 0.717) is 17.7 Å². The number of benzene rings is 1. The summed E-state index contributed by atoms with van der Waals surface area (Å²) < 4.78 is 23.4. The molecule has 0 fully saturated rings. The third-order valence-corrected chi connectivity index (χ3v) is 6.74. The van der Waals surface area contributed by atoms with Gasteiger partial charge < -0.3 is 23.5 Å². The third-order valence-electron chi connectivity index (χ3n) is 6.74. The van der Waals surface area contributed by atoms with E-state index in [0.717, 1.165) is 21.8 Å². The fourth-order valence-corrected chi connectivity index (χ4v) is 5.36. The van der Waals surface area contributed by atoms with Crippen molar-refractivity contribution in [2.75, 3.05) is 14.2 Å². The monoisotopic (exact) mass is 464 g/mol. The maximum atomic E-state index is 12.7. The van der Waals surface area contributed by atoms with E-state index in [2.05, 4.69) is 9.55 Å². The summed E-state index contributed by atoms with van der Waals surface area (Å²) >= 11 is 0. The molecule has 0 saturated heterocycles. The number of carbonyl (C=O) groups excluding carboxylic acids is 3. The molecule has 0 aliphatic carbocycles. The van der Waals surface area contributed by atoms with E-state index in [-0.39, 0.29) is 11.7 Å². The Hall–Kier alpha value is -3.88. The highest BCUT2D eigenvalue weighted by Gasteiger charge is 2.47. The normalized spacial score (nSPS) is 23.4. The predicted molar refractivity (Wildman–Crippen MR) is 121 cm³/mol. The van der Waals surface area contributed by atoms with Crippen LogP contribution in [0.15, 0.2) is 42.2 Å². The molecule has 34 heavy (non-hydrogen) atoms. The van der Waals surface area contributed by atoms with Crippen LogP contribution in [0.3, 0.4) is 0 Å². The number of hydrogen-bond acceptors (Lipinski definition) is 8. The first-order chi connectivity index (χ1) is 16.3. The van der Waals surface area contributed by atoms with Gasteiger partial charge in [-0.25, -0.2) is 14.6 Å². The first-order valence-corrected chi connectivity index (χ1v) is 11.0. The Kier molecular flexibility index (Phi) is 5.27. The van der Waals surface area contributed by atoms with Crippen molar-refractivity contribution in [2.45, 2.75) is 32.6 Å². The van der Waals surface area contributed by atoms with Gasteiger partial charge >= 0.3 is 17.9 Å². The summed E-state index contributed by atoms with van der Waals surface area (Å²) in [7, 11) is 2.62. The van der Waals surface area contributed by atoms with E-state index in [1.807, 2.05) is 31.2 Å². The summed E-state index contributed by atoms with van der Waals surface area (Å²) in [6.07, 6.45) is 0.721. The second-order valence-corrected chi connectivity index (χ2v) is 8.54. The molecule has 9 heteroatoms. The van der Waals surface area contributed by atoms with E-state index in [1.54, 1.807) is 6.07 Å². The lowest BCUT2D eigenvalue weighted by atomic mass is 9.77. The molecule has 176 valence electrons. The number of methoxy groups -OCH3 is 2. The first kappa shape index (κ1) is 21.9. The second kappa shape index (κ2) is 8.16. The van der Waals surface area contributed by atoms with Gasteiger partial charge in [0.15, 0.2) is 0 Å². The number of hydrogen-bond donors (Lipinski definition) is 0. The lowest BCUT2D eigenvalue weighted by Gasteiger charge is -2.39. The van der Waals surface area contributed by atoms with Gasteiger partial charge in [0.05, 0.1) is 43.2 Å². The summed E-state index contributed by atoms with van der Waals surface area (Å²) in [4.78, 5) is 41.7. The van der Waals surface area contributed by atoms with Gasteiger partial charge in [-0.2, -0.15) is 0 Å². The molecule has 0 spiro atoms.